The maximum absolute atomic E-state index is 11.8. The zero-order chi connectivity index (χ0) is 22.9. The molecule has 172 valence electrons. The van der Waals surface area contributed by atoms with E-state index in [1.165, 1.54) is 17.1 Å². The minimum Gasteiger partial charge on any atom is -0.478 e. The van der Waals surface area contributed by atoms with Gasteiger partial charge >= 0.3 is 5.97 Å². The number of nitrogens with zero attached hydrogens (tertiary/aromatic N) is 7. The van der Waals surface area contributed by atoms with Gasteiger partial charge in [-0.05, 0) is 12.5 Å². The Morgan fingerprint density at radius 2 is 1.94 bits per heavy atom. The molecule has 0 radical (unpaired) electrons. The molecular formula is C19H26N8O5. The predicted molar refractivity (Wildman–Crippen MR) is 110 cm³/mol. The molecule has 0 unspecified atom stereocenters. The van der Waals surface area contributed by atoms with Gasteiger partial charge in [0.2, 0.25) is 5.91 Å². The molecule has 0 atom stereocenters. The largest absolute Gasteiger partial charge is 0.478 e. The summed E-state index contributed by atoms with van der Waals surface area (Å²) in [4.78, 5) is 22.6. The summed E-state index contributed by atoms with van der Waals surface area (Å²) in [5.41, 5.74) is 2.80. The highest BCUT2D eigenvalue weighted by Gasteiger charge is 2.09. The second-order valence-electron chi connectivity index (χ2n) is 7.09. The number of carboxylic acids is 1. The first-order valence-corrected chi connectivity index (χ1v) is 9.97. The molecule has 0 aliphatic heterocycles. The number of carboxylic acid groups (broad SMARTS) is 1. The minimum atomic E-state index is -1.09. The molecule has 0 spiro atoms. The fraction of sp³-hybridized carbons (Fsp3) is 0.474. The molecular weight excluding hydrogens is 420 g/mol. The Balaban J connectivity index is 1.23. The predicted octanol–water partition coefficient (Wildman–Crippen LogP) is -0.387. The third kappa shape index (κ3) is 6.99. The quantitative estimate of drug-likeness (QED) is 0.335. The molecule has 0 aliphatic rings. The molecule has 1 amide bonds. The van der Waals surface area contributed by atoms with Crippen molar-refractivity contribution in [2.24, 2.45) is 7.05 Å². The second kappa shape index (κ2) is 11.2. The highest BCUT2D eigenvalue weighted by Crippen LogP contribution is 2.06. The third-order valence-electron chi connectivity index (χ3n) is 4.39. The van der Waals surface area contributed by atoms with Crippen molar-refractivity contribution in [2.75, 3.05) is 26.4 Å². The Hall–Kier alpha value is -3.58. The van der Waals surface area contributed by atoms with Gasteiger partial charge in [-0.1, -0.05) is 5.21 Å². The normalized spacial score (nSPS) is 11.1. The van der Waals surface area contributed by atoms with E-state index in [1.807, 2.05) is 26.4 Å². The fourth-order valence-corrected chi connectivity index (χ4v) is 2.87. The topological polar surface area (TPSA) is 151 Å². The lowest BCUT2D eigenvalue weighted by molar-refractivity contribution is -0.122. The molecule has 0 saturated carbocycles. The van der Waals surface area contributed by atoms with Gasteiger partial charge in [0.25, 0.3) is 0 Å². The first kappa shape index (κ1) is 23.1. The van der Waals surface area contributed by atoms with Crippen LogP contribution in [0.5, 0.6) is 0 Å². The fourth-order valence-electron chi connectivity index (χ4n) is 2.87. The number of aromatic carboxylic acids is 1. The van der Waals surface area contributed by atoms with Gasteiger partial charge in [0, 0.05) is 26.0 Å². The summed E-state index contributed by atoms with van der Waals surface area (Å²) in [5, 5.41) is 27.9. The summed E-state index contributed by atoms with van der Waals surface area (Å²) < 4.78 is 15.7. The number of ether oxygens (including phenoxy) is 2. The van der Waals surface area contributed by atoms with E-state index < -0.39 is 5.97 Å². The molecule has 2 N–H and O–H groups in total. The monoisotopic (exact) mass is 446 g/mol. The van der Waals surface area contributed by atoms with Crippen LogP contribution in [-0.4, -0.2) is 77.9 Å². The molecule has 13 nitrogen and oxygen atoms in total. The van der Waals surface area contributed by atoms with Crippen LogP contribution in [0.15, 0.2) is 24.8 Å². The van der Waals surface area contributed by atoms with E-state index in [1.54, 1.807) is 9.36 Å². The van der Waals surface area contributed by atoms with E-state index >= 15 is 0 Å². The van der Waals surface area contributed by atoms with Crippen molar-refractivity contribution in [2.45, 2.75) is 26.6 Å². The lowest BCUT2D eigenvalue weighted by Gasteiger charge is -2.07. The van der Waals surface area contributed by atoms with Gasteiger partial charge in [0.15, 0.2) is 0 Å². The summed E-state index contributed by atoms with van der Waals surface area (Å²) in [7, 11) is 1.88. The highest BCUT2D eigenvalue weighted by atomic mass is 16.5. The van der Waals surface area contributed by atoms with Gasteiger partial charge in [-0.2, -0.15) is 10.2 Å². The van der Waals surface area contributed by atoms with E-state index in [4.69, 9.17) is 14.6 Å². The van der Waals surface area contributed by atoms with Crippen LogP contribution in [0.2, 0.25) is 0 Å². The van der Waals surface area contributed by atoms with Crippen molar-refractivity contribution in [3.05, 3.63) is 47.3 Å². The molecule has 3 heterocycles. The summed E-state index contributed by atoms with van der Waals surface area (Å²) in [6, 6.07) is 0. The van der Waals surface area contributed by atoms with Gasteiger partial charge in [0.1, 0.15) is 12.2 Å². The molecule has 0 bridgehead atoms. The molecule has 0 aliphatic carbocycles. The van der Waals surface area contributed by atoms with Crippen molar-refractivity contribution in [1.82, 2.24) is 39.9 Å². The van der Waals surface area contributed by atoms with Gasteiger partial charge in [0.05, 0.1) is 56.6 Å². The number of aryl methyl sites for hydroxylation is 2. The average molecular weight is 446 g/mol. The standard InChI is InChI=1S/C19H26N8O5/c1-14-8-25(2)23-17(14)11-27-10-16(22-24-27)13-32-6-5-31-4-3-20-18(28)12-26-9-15(7-21-26)19(29)30/h7-10H,3-6,11-13H2,1-2H3,(H,20,28)(H,29,30). The van der Waals surface area contributed by atoms with E-state index in [0.717, 1.165) is 17.0 Å². The Morgan fingerprint density at radius 1 is 1.12 bits per heavy atom. The second-order valence-corrected chi connectivity index (χ2v) is 7.09. The van der Waals surface area contributed by atoms with Crippen molar-refractivity contribution in [3.63, 3.8) is 0 Å². The van der Waals surface area contributed by atoms with Crippen LogP contribution in [-0.2, 0) is 41.0 Å². The van der Waals surface area contributed by atoms with Crippen LogP contribution in [0, 0.1) is 6.92 Å². The number of nitrogens with one attached hydrogen (secondary N) is 1. The molecule has 3 aromatic rings. The summed E-state index contributed by atoms with van der Waals surface area (Å²) in [6.45, 7) is 4.23. The van der Waals surface area contributed by atoms with Crippen LogP contribution < -0.4 is 5.32 Å². The zero-order valence-corrected chi connectivity index (χ0v) is 18.0. The minimum absolute atomic E-state index is 0.0342. The molecule has 0 fully saturated rings. The molecule has 3 aromatic heterocycles. The van der Waals surface area contributed by atoms with Gasteiger partial charge in [-0.15, -0.1) is 5.10 Å². The Morgan fingerprint density at radius 3 is 2.66 bits per heavy atom. The zero-order valence-electron chi connectivity index (χ0n) is 18.0. The summed E-state index contributed by atoms with van der Waals surface area (Å²) in [6.07, 6.45) is 6.27. The third-order valence-corrected chi connectivity index (χ3v) is 4.39. The van der Waals surface area contributed by atoms with E-state index in [0.29, 0.717) is 39.5 Å². The Kier molecular flexibility index (Phi) is 8.05. The first-order valence-electron chi connectivity index (χ1n) is 9.97. The number of aromatic nitrogens is 7. The summed E-state index contributed by atoms with van der Waals surface area (Å²) >= 11 is 0. The molecule has 32 heavy (non-hydrogen) atoms. The van der Waals surface area contributed by atoms with Crippen molar-refractivity contribution in [1.29, 1.82) is 0 Å². The average Bonchev–Trinajstić information content (AvgIpc) is 3.45. The van der Waals surface area contributed by atoms with Crippen molar-refractivity contribution >= 4 is 11.9 Å². The Bertz CT molecular complexity index is 1040. The van der Waals surface area contributed by atoms with Gasteiger partial charge in [-0.25, -0.2) is 9.48 Å². The van der Waals surface area contributed by atoms with Crippen LogP contribution in [0.1, 0.15) is 27.3 Å². The lowest BCUT2D eigenvalue weighted by atomic mass is 10.3. The number of rotatable bonds is 13. The van der Waals surface area contributed by atoms with Crippen molar-refractivity contribution < 1.29 is 24.2 Å². The molecule has 0 saturated heterocycles. The van der Waals surface area contributed by atoms with E-state index in [2.05, 4.69) is 25.8 Å². The smallest absolute Gasteiger partial charge is 0.338 e. The first-order chi connectivity index (χ1) is 15.4. The summed E-state index contributed by atoms with van der Waals surface area (Å²) in [5.74, 6) is -1.37. The number of carbonyl (C=O) groups excluding carboxylic acids is 1. The SMILES string of the molecule is Cc1cn(C)nc1Cn1cc(COCCOCCNC(=O)Cn2cc(C(=O)O)cn2)nn1. The van der Waals surface area contributed by atoms with Gasteiger partial charge in [-0.3, -0.25) is 14.2 Å². The van der Waals surface area contributed by atoms with Crippen LogP contribution in [0.3, 0.4) is 0 Å². The maximum atomic E-state index is 11.8. The number of hydrogen-bond donors (Lipinski definition) is 2. The molecule has 13 heteroatoms. The molecule has 0 aromatic carbocycles. The van der Waals surface area contributed by atoms with E-state index in [9.17, 15) is 9.59 Å². The number of carbonyl (C=O) groups is 2. The van der Waals surface area contributed by atoms with Crippen LogP contribution >= 0.6 is 0 Å². The van der Waals surface area contributed by atoms with Gasteiger partial charge < -0.3 is 19.9 Å². The maximum Gasteiger partial charge on any atom is 0.338 e. The van der Waals surface area contributed by atoms with Crippen LogP contribution in [0.4, 0.5) is 0 Å². The van der Waals surface area contributed by atoms with Crippen LogP contribution in [0.25, 0.3) is 0 Å². The van der Waals surface area contributed by atoms with Crippen molar-refractivity contribution in [3.8, 4) is 0 Å². The molecule has 3 rings (SSSR count). The lowest BCUT2D eigenvalue weighted by Crippen LogP contribution is -2.31. The number of amides is 1. The Labute approximate surface area is 183 Å². The van der Waals surface area contributed by atoms with E-state index in [-0.39, 0.29) is 18.0 Å². The highest BCUT2D eigenvalue weighted by molar-refractivity contribution is 5.87. The number of hydrogen-bond acceptors (Lipinski definition) is 8.